The zero-order valence-electron chi connectivity index (χ0n) is 11.2. The molecule has 1 aromatic carbocycles. The molecule has 0 aliphatic heterocycles. The van der Waals surface area contributed by atoms with E-state index in [4.69, 9.17) is 28.3 Å². The molecule has 3 nitrogen and oxygen atoms in total. The molecule has 112 valence electrons. The average Bonchev–Trinajstić information content (AvgIpc) is 2.83. The first-order valence-corrected chi connectivity index (χ1v) is 8.10. The monoisotopic (exact) mass is 343 g/mol. The number of hydrogen-bond acceptors (Lipinski definition) is 3. The Balaban J connectivity index is 2.15. The van der Waals surface area contributed by atoms with E-state index in [0.717, 1.165) is 5.56 Å². The molecule has 0 spiro atoms. The largest absolute Gasteiger partial charge is 0.396 e. The molecule has 0 fully saturated rings. The van der Waals surface area contributed by atoms with Crippen LogP contribution in [0, 0.1) is 0 Å². The van der Waals surface area contributed by atoms with Crippen LogP contribution in [0.25, 0.3) is 0 Å². The van der Waals surface area contributed by atoms with Crippen molar-refractivity contribution in [3.05, 3.63) is 56.2 Å². The van der Waals surface area contributed by atoms with Crippen LogP contribution in [-0.2, 0) is 0 Å². The number of aliphatic hydroxyl groups is 1. The second-order valence-corrected chi connectivity index (χ2v) is 6.83. The minimum atomic E-state index is -0.255. The number of benzene rings is 1. The third kappa shape index (κ3) is 4.45. The molecule has 1 amide bonds. The van der Waals surface area contributed by atoms with Crippen molar-refractivity contribution in [1.29, 1.82) is 0 Å². The highest BCUT2D eigenvalue weighted by Gasteiger charge is 2.19. The van der Waals surface area contributed by atoms with Crippen molar-refractivity contribution in [2.24, 2.45) is 0 Å². The number of rotatable bonds is 6. The van der Waals surface area contributed by atoms with Crippen LogP contribution in [0.15, 0.2) is 36.4 Å². The van der Waals surface area contributed by atoms with Gasteiger partial charge in [-0.05, 0) is 24.5 Å². The van der Waals surface area contributed by atoms with Gasteiger partial charge in [0.2, 0.25) is 0 Å². The smallest absolute Gasteiger partial charge is 0.254 e. The van der Waals surface area contributed by atoms with Gasteiger partial charge in [-0.25, -0.2) is 0 Å². The number of thiophene rings is 1. The Morgan fingerprint density at radius 2 is 2.00 bits per heavy atom. The maximum atomic E-state index is 12.3. The first-order valence-electron chi connectivity index (χ1n) is 6.53. The van der Waals surface area contributed by atoms with Gasteiger partial charge in [-0.2, -0.15) is 0 Å². The Kier molecular flexibility index (Phi) is 6.06. The van der Waals surface area contributed by atoms with Crippen LogP contribution in [0.1, 0.15) is 34.8 Å². The van der Waals surface area contributed by atoms with E-state index < -0.39 is 0 Å². The number of nitrogens with one attached hydrogen (secondary N) is 1. The molecule has 0 saturated carbocycles. The van der Waals surface area contributed by atoms with Gasteiger partial charge in [-0.1, -0.05) is 53.5 Å². The maximum Gasteiger partial charge on any atom is 0.254 e. The van der Waals surface area contributed by atoms with E-state index in [-0.39, 0.29) is 18.6 Å². The fraction of sp³-hybridized carbons (Fsp3) is 0.267. The normalized spacial score (nSPS) is 12.1. The third-order valence-corrected chi connectivity index (χ3v) is 4.55. The number of carbonyl (C=O) groups is 1. The van der Waals surface area contributed by atoms with E-state index in [1.54, 1.807) is 6.07 Å². The highest BCUT2D eigenvalue weighted by Crippen LogP contribution is 2.31. The van der Waals surface area contributed by atoms with Gasteiger partial charge in [-0.3, -0.25) is 4.79 Å². The maximum absolute atomic E-state index is 12.3. The summed E-state index contributed by atoms with van der Waals surface area (Å²) < 4.78 is 0.864. The number of amides is 1. The van der Waals surface area contributed by atoms with E-state index in [0.29, 0.717) is 27.1 Å². The minimum Gasteiger partial charge on any atom is -0.396 e. The van der Waals surface area contributed by atoms with Crippen molar-refractivity contribution < 1.29 is 9.90 Å². The molecule has 2 rings (SSSR count). The van der Waals surface area contributed by atoms with Crippen LogP contribution in [0.2, 0.25) is 8.67 Å². The lowest BCUT2D eigenvalue weighted by Crippen LogP contribution is -2.28. The van der Waals surface area contributed by atoms with E-state index >= 15 is 0 Å². The molecule has 1 aromatic heterocycles. The van der Waals surface area contributed by atoms with Gasteiger partial charge in [0.05, 0.1) is 15.9 Å². The summed E-state index contributed by atoms with van der Waals surface area (Å²) in [7, 11) is 0. The molecule has 2 aromatic rings. The first-order chi connectivity index (χ1) is 10.1. The van der Waals surface area contributed by atoms with Gasteiger partial charge in [0, 0.05) is 6.61 Å². The summed E-state index contributed by atoms with van der Waals surface area (Å²) in [5, 5.41) is 12.0. The van der Waals surface area contributed by atoms with Crippen molar-refractivity contribution in [2.75, 3.05) is 6.61 Å². The summed E-state index contributed by atoms with van der Waals surface area (Å²) in [6.07, 6.45) is 1.26. The summed E-state index contributed by atoms with van der Waals surface area (Å²) in [4.78, 5) is 12.3. The van der Waals surface area contributed by atoms with Crippen LogP contribution in [-0.4, -0.2) is 17.6 Å². The van der Waals surface area contributed by atoms with Crippen molar-refractivity contribution in [3.63, 3.8) is 0 Å². The van der Waals surface area contributed by atoms with Gasteiger partial charge in [0.1, 0.15) is 4.34 Å². The lowest BCUT2D eigenvalue weighted by molar-refractivity contribution is 0.0933. The number of halogens is 2. The van der Waals surface area contributed by atoms with Crippen molar-refractivity contribution in [1.82, 2.24) is 5.32 Å². The van der Waals surface area contributed by atoms with Crippen molar-refractivity contribution >= 4 is 40.4 Å². The summed E-state index contributed by atoms with van der Waals surface area (Å²) in [5.74, 6) is -0.255. The minimum absolute atomic E-state index is 0.0875. The van der Waals surface area contributed by atoms with E-state index in [1.807, 2.05) is 30.3 Å². The zero-order chi connectivity index (χ0) is 15.2. The Bertz CT molecular complexity index is 601. The quantitative estimate of drug-likeness (QED) is 0.821. The topological polar surface area (TPSA) is 49.3 Å². The molecule has 1 heterocycles. The fourth-order valence-electron chi connectivity index (χ4n) is 2.03. The zero-order valence-corrected chi connectivity index (χ0v) is 13.5. The van der Waals surface area contributed by atoms with Crippen LogP contribution in [0.5, 0.6) is 0 Å². The lowest BCUT2D eigenvalue weighted by Gasteiger charge is -2.18. The molecule has 0 radical (unpaired) electrons. The van der Waals surface area contributed by atoms with Gasteiger partial charge in [-0.15, -0.1) is 11.3 Å². The summed E-state index contributed by atoms with van der Waals surface area (Å²) in [6.45, 7) is 0.0875. The Hall–Kier alpha value is -1.07. The molecule has 21 heavy (non-hydrogen) atoms. The van der Waals surface area contributed by atoms with Crippen LogP contribution >= 0.6 is 34.5 Å². The third-order valence-electron chi connectivity index (χ3n) is 3.06. The molecule has 0 saturated heterocycles. The molecule has 1 atom stereocenters. The second kappa shape index (κ2) is 7.80. The van der Waals surface area contributed by atoms with Gasteiger partial charge >= 0.3 is 0 Å². The highest BCUT2D eigenvalue weighted by molar-refractivity contribution is 7.20. The average molecular weight is 344 g/mol. The standard InChI is InChI=1S/C15H15Cl2NO2S/c16-13-9-11(14(17)21-13)15(20)18-12(7-4-8-19)10-5-2-1-3-6-10/h1-3,5-6,9,12,19H,4,7-8H2,(H,18,20). The predicted molar refractivity (Wildman–Crippen MR) is 87.3 cm³/mol. The van der Waals surface area contributed by atoms with Crippen LogP contribution in [0.3, 0.4) is 0 Å². The van der Waals surface area contributed by atoms with Crippen molar-refractivity contribution in [3.8, 4) is 0 Å². The van der Waals surface area contributed by atoms with Gasteiger partial charge in [0.25, 0.3) is 5.91 Å². The summed E-state index contributed by atoms with van der Waals surface area (Å²) >= 11 is 13.0. The van der Waals surface area contributed by atoms with Crippen LogP contribution < -0.4 is 5.32 Å². The molecular weight excluding hydrogens is 329 g/mol. The molecule has 0 aliphatic carbocycles. The van der Waals surface area contributed by atoms with Gasteiger partial charge in [0.15, 0.2) is 0 Å². The predicted octanol–water partition coefficient (Wildman–Crippen LogP) is 4.30. The van der Waals surface area contributed by atoms with E-state index in [1.165, 1.54) is 11.3 Å². The number of aliphatic hydroxyl groups excluding tert-OH is 1. The van der Waals surface area contributed by atoms with E-state index in [9.17, 15) is 4.79 Å². The SMILES string of the molecule is O=C(NC(CCCO)c1ccccc1)c1cc(Cl)sc1Cl. The number of carbonyl (C=O) groups excluding carboxylic acids is 1. The fourth-order valence-corrected chi connectivity index (χ4v) is 3.49. The lowest BCUT2D eigenvalue weighted by atomic mass is 10.0. The molecule has 6 heteroatoms. The van der Waals surface area contributed by atoms with E-state index in [2.05, 4.69) is 5.32 Å². The Labute approximate surface area is 137 Å². The molecule has 2 N–H and O–H groups in total. The molecule has 1 unspecified atom stereocenters. The summed E-state index contributed by atoms with van der Waals surface area (Å²) in [5.41, 5.74) is 1.38. The van der Waals surface area contributed by atoms with Gasteiger partial charge < -0.3 is 10.4 Å². The van der Waals surface area contributed by atoms with Crippen molar-refractivity contribution in [2.45, 2.75) is 18.9 Å². The summed E-state index contributed by atoms with van der Waals surface area (Å²) in [6, 6.07) is 11.1. The molecule has 0 bridgehead atoms. The number of hydrogen-bond donors (Lipinski definition) is 2. The first kappa shape index (κ1) is 16.3. The van der Waals surface area contributed by atoms with Crippen LogP contribution in [0.4, 0.5) is 0 Å². The highest BCUT2D eigenvalue weighted by atomic mass is 35.5. The Morgan fingerprint density at radius 1 is 1.29 bits per heavy atom. The Morgan fingerprint density at radius 3 is 2.57 bits per heavy atom. The second-order valence-electron chi connectivity index (χ2n) is 4.54. The molecule has 0 aliphatic rings. The molecular formula is C15H15Cl2NO2S.